The highest BCUT2D eigenvalue weighted by Crippen LogP contribution is 2.01. The summed E-state index contributed by atoms with van der Waals surface area (Å²) in [5, 5.41) is 8.35. The summed E-state index contributed by atoms with van der Waals surface area (Å²) < 4.78 is 20.9. The van der Waals surface area contributed by atoms with Crippen LogP contribution >= 0.6 is 0 Å². The molecule has 0 atom stereocenters. The largest absolute Gasteiger partial charge is 0.476 e. The van der Waals surface area contributed by atoms with Crippen molar-refractivity contribution in [3.05, 3.63) is 0 Å². The quantitative estimate of drug-likeness (QED) is 0.213. The van der Waals surface area contributed by atoms with E-state index in [0.717, 1.165) is 0 Å². The zero-order valence-corrected chi connectivity index (χ0v) is 15.0. The van der Waals surface area contributed by atoms with Gasteiger partial charge in [-0.2, -0.15) is 0 Å². The van der Waals surface area contributed by atoms with Crippen molar-refractivity contribution in [3.63, 3.8) is 0 Å². The van der Waals surface area contributed by atoms with E-state index < -0.39 is 26.0 Å². The lowest BCUT2D eigenvalue weighted by molar-refractivity contribution is -0.151. The van der Waals surface area contributed by atoms with Crippen LogP contribution in [-0.4, -0.2) is 70.8 Å². The van der Waals surface area contributed by atoms with Gasteiger partial charge in [-0.1, -0.05) is 0 Å². The molecule has 0 aliphatic carbocycles. The molecule has 0 unspecified atom stereocenters. The van der Waals surface area contributed by atoms with Crippen molar-refractivity contribution in [2.75, 3.05) is 39.6 Å². The summed E-state index contributed by atoms with van der Waals surface area (Å²) >= 11 is 0. The van der Waals surface area contributed by atoms with Gasteiger partial charge in [0.2, 0.25) is 5.78 Å². The minimum Gasteiger partial charge on any atom is -0.476 e. The van der Waals surface area contributed by atoms with Crippen LogP contribution in [0.2, 0.25) is 19.6 Å². The maximum atomic E-state index is 11.2. The van der Waals surface area contributed by atoms with Gasteiger partial charge in [0, 0.05) is 6.42 Å². The van der Waals surface area contributed by atoms with Crippen LogP contribution in [-0.2, 0) is 33.0 Å². The van der Waals surface area contributed by atoms with Crippen molar-refractivity contribution in [3.8, 4) is 0 Å². The molecule has 0 fully saturated rings. The van der Waals surface area contributed by atoms with Crippen LogP contribution in [0.5, 0.6) is 0 Å². The maximum absolute atomic E-state index is 11.2. The Kier molecular flexibility index (Phi) is 11.5. The van der Waals surface area contributed by atoms with Crippen molar-refractivity contribution < 1.29 is 38.1 Å². The van der Waals surface area contributed by atoms with Crippen LogP contribution < -0.4 is 0 Å². The highest BCUT2D eigenvalue weighted by molar-refractivity contribution is 6.69. The molecule has 0 amide bonds. The van der Waals surface area contributed by atoms with Crippen molar-refractivity contribution >= 4 is 26.0 Å². The molecule has 0 aromatic rings. The second kappa shape index (κ2) is 12.2. The Balaban J connectivity index is 3.34. The predicted molar refractivity (Wildman–Crippen MR) is 83.8 cm³/mol. The fraction of sp³-hybridized carbons (Fsp3) is 0.786. The van der Waals surface area contributed by atoms with Crippen LogP contribution in [0, 0.1) is 0 Å². The molecule has 0 aliphatic rings. The molecule has 0 spiro atoms. The number of rotatable bonds is 14. The molecular weight excluding hydrogens is 324 g/mol. The molecule has 0 bridgehead atoms. The van der Waals surface area contributed by atoms with Gasteiger partial charge >= 0.3 is 11.9 Å². The molecule has 8 nitrogen and oxygen atoms in total. The Bertz CT molecular complexity index is 377. The number of hydrogen-bond donors (Lipinski definition) is 1. The van der Waals surface area contributed by atoms with Gasteiger partial charge in [-0.3, -0.25) is 9.59 Å². The lowest BCUT2D eigenvalue weighted by atomic mass is 10.2. The Morgan fingerprint density at radius 2 is 1.35 bits per heavy atom. The van der Waals surface area contributed by atoms with Crippen molar-refractivity contribution in [2.45, 2.75) is 32.5 Å². The molecule has 0 aliphatic heterocycles. The number of aliphatic carboxylic acids is 1. The smallest absolute Gasteiger partial charge is 0.372 e. The summed E-state index contributed by atoms with van der Waals surface area (Å²) in [6.07, 6.45) is -0.603. The van der Waals surface area contributed by atoms with Gasteiger partial charge < -0.3 is 23.7 Å². The Morgan fingerprint density at radius 3 is 1.87 bits per heavy atom. The van der Waals surface area contributed by atoms with Crippen LogP contribution in [0.4, 0.5) is 0 Å². The molecule has 0 heterocycles. The van der Waals surface area contributed by atoms with Gasteiger partial charge in [0.1, 0.15) is 6.61 Å². The monoisotopic (exact) mass is 350 g/mol. The van der Waals surface area contributed by atoms with E-state index in [4.69, 9.17) is 23.7 Å². The predicted octanol–water partition coefficient (Wildman–Crippen LogP) is 0.848. The van der Waals surface area contributed by atoms with E-state index in [2.05, 4.69) is 19.6 Å². The fourth-order valence-corrected chi connectivity index (χ4v) is 2.03. The summed E-state index contributed by atoms with van der Waals surface area (Å²) in [6, 6.07) is 0. The maximum Gasteiger partial charge on any atom is 0.372 e. The molecule has 134 valence electrons. The number of hydrogen-bond acceptors (Lipinski definition) is 7. The van der Waals surface area contributed by atoms with E-state index >= 15 is 0 Å². The topological polar surface area (TPSA) is 108 Å². The van der Waals surface area contributed by atoms with Crippen LogP contribution in [0.1, 0.15) is 12.8 Å². The normalized spacial score (nSPS) is 11.3. The summed E-state index contributed by atoms with van der Waals surface area (Å²) in [7, 11) is -1.49. The summed E-state index contributed by atoms with van der Waals surface area (Å²) in [6.45, 7) is 8.48. The lowest BCUT2D eigenvalue weighted by Crippen LogP contribution is -2.27. The minimum atomic E-state index is -1.55. The van der Waals surface area contributed by atoms with Gasteiger partial charge in [-0.15, -0.1) is 0 Å². The highest BCUT2D eigenvalue weighted by atomic mass is 28.4. The first-order valence-electron chi connectivity index (χ1n) is 7.43. The molecule has 0 radical (unpaired) electrons. The molecule has 23 heavy (non-hydrogen) atoms. The van der Waals surface area contributed by atoms with E-state index in [1.54, 1.807) is 0 Å². The Hall–Kier alpha value is -1.29. The summed E-state index contributed by atoms with van der Waals surface area (Å²) in [5.41, 5.74) is 0. The number of esters is 1. The molecule has 0 saturated heterocycles. The molecule has 9 heteroatoms. The van der Waals surface area contributed by atoms with Crippen molar-refractivity contribution in [1.29, 1.82) is 0 Å². The third kappa shape index (κ3) is 15.4. The molecular formula is C14H26O8Si. The molecule has 0 aromatic carbocycles. The second-order valence-electron chi connectivity index (χ2n) is 5.63. The van der Waals surface area contributed by atoms with Crippen molar-refractivity contribution in [2.24, 2.45) is 0 Å². The first-order chi connectivity index (χ1) is 10.7. The fourth-order valence-electron chi connectivity index (χ4n) is 1.34. The van der Waals surface area contributed by atoms with Crippen molar-refractivity contribution in [1.82, 2.24) is 0 Å². The van der Waals surface area contributed by atoms with E-state index in [0.29, 0.717) is 26.4 Å². The van der Waals surface area contributed by atoms with Crippen LogP contribution in [0.25, 0.3) is 0 Å². The third-order valence-electron chi connectivity index (χ3n) is 2.42. The van der Waals surface area contributed by atoms with E-state index in [-0.39, 0.29) is 26.1 Å². The number of ketones is 1. The first kappa shape index (κ1) is 21.7. The SMILES string of the molecule is C[Si](C)(C)OCCOCCOCCOC(=O)CCC(=O)C(=O)O. The minimum absolute atomic E-state index is 0.0544. The zero-order valence-electron chi connectivity index (χ0n) is 14.0. The average molecular weight is 350 g/mol. The number of ether oxygens (including phenoxy) is 3. The first-order valence-corrected chi connectivity index (χ1v) is 10.8. The number of carbonyl (C=O) groups excluding carboxylic acids is 2. The third-order valence-corrected chi connectivity index (χ3v) is 3.49. The van der Waals surface area contributed by atoms with E-state index in [1.807, 2.05) is 0 Å². The van der Waals surface area contributed by atoms with E-state index in [9.17, 15) is 14.4 Å². The Labute approximate surface area is 137 Å². The van der Waals surface area contributed by atoms with Crippen LogP contribution in [0.15, 0.2) is 0 Å². The number of carboxylic acids is 1. The number of carbonyl (C=O) groups is 3. The molecule has 0 rings (SSSR count). The zero-order chi connectivity index (χ0) is 17.7. The van der Waals surface area contributed by atoms with Crippen LogP contribution in [0.3, 0.4) is 0 Å². The number of carboxylic acid groups (broad SMARTS) is 1. The second-order valence-corrected chi connectivity index (χ2v) is 10.1. The summed E-state index contributed by atoms with van der Waals surface area (Å²) in [4.78, 5) is 32.2. The molecule has 0 aromatic heterocycles. The highest BCUT2D eigenvalue weighted by Gasteiger charge is 2.14. The van der Waals surface area contributed by atoms with Gasteiger partial charge in [0.25, 0.3) is 0 Å². The number of Topliss-reactive ketones (excluding diaryl/α,β-unsaturated/α-hetero) is 1. The van der Waals surface area contributed by atoms with E-state index in [1.165, 1.54) is 0 Å². The lowest BCUT2D eigenvalue weighted by Gasteiger charge is -2.16. The molecule has 1 N–H and O–H groups in total. The van der Waals surface area contributed by atoms with Gasteiger partial charge in [-0.25, -0.2) is 4.79 Å². The van der Waals surface area contributed by atoms with Gasteiger partial charge in [0.15, 0.2) is 8.32 Å². The Morgan fingerprint density at radius 1 is 0.826 bits per heavy atom. The average Bonchev–Trinajstić information content (AvgIpc) is 2.45. The van der Waals surface area contributed by atoms with Gasteiger partial charge in [-0.05, 0) is 19.6 Å². The molecule has 0 saturated carbocycles. The summed E-state index contributed by atoms with van der Waals surface area (Å²) in [5.74, 6) is -3.17. The standard InChI is InChI=1S/C14H26O8Si/c1-23(2,3)22-11-9-20-7-6-19-8-10-21-13(16)5-4-12(15)14(17)18/h4-11H2,1-3H3,(H,17,18). The van der Waals surface area contributed by atoms with Gasteiger partial charge in [0.05, 0.1) is 39.5 Å².